The summed E-state index contributed by atoms with van der Waals surface area (Å²) < 4.78 is 40.8. The molecule has 2 aliphatic heterocycles. The first kappa shape index (κ1) is 21.9. The van der Waals surface area contributed by atoms with E-state index in [0.717, 1.165) is 38.1 Å². The average Bonchev–Trinajstić information content (AvgIpc) is 2.80. The number of aromatic nitrogens is 2. The van der Waals surface area contributed by atoms with Crippen molar-refractivity contribution in [3.8, 4) is 0 Å². The number of hydrogen-bond acceptors (Lipinski definition) is 8. The minimum absolute atomic E-state index is 0.170. The van der Waals surface area contributed by atoms with Crippen LogP contribution in [0.5, 0.6) is 0 Å². The zero-order valence-electron chi connectivity index (χ0n) is 17.3. The lowest BCUT2D eigenvalue weighted by atomic mass is 10.3. The number of piperazine rings is 2. The molecular formula is C20H27FN6O3S. The highest BCUT2D eigenvalue weighted by Gasteiger charge is 2.31. The molecule has 2 aliphatic rings. The van der Waals surface area contributed by atoms with E-state index < -0.39 is 15.8 Å². The number of anilines is 2. The van der Waals surface area contributed by atoms with Gasteiger partial charge in [0.1, 0.15) is 10.7 Å². The van der Waals surface area contributed by atoms with E-state index in [9.17, 15) is 12.8 Å². The number of halogens is 1. The maximum atomic E-state index is 14.0. The molecule has 2 saturated heterocycles. The summed E-state index contributed by atoms with van der Waals surface area (Å²) in [6.07, 6.45) is 0. The first-order valence-corrected chi connectivity index (χ1v) is 11.8. The van der Waals surface area contributed by atoms with Gasteiger partial charge >= 0.3 is 0 Å². The van der Waals surface area contributed by atoms with Crippen molar-refractivity contribution in [2.45, 2.75) is 4.90 Å². The molecular weight excluding hydrogens is 423 g/mol. The summed E-state index contributed by atoms with van der Waals surface area (Å²) in [6, 6.07) is 9.30. The second-order valence-corrected chi connectivity index (χ2v) is 9.53. The van der Waals surface area contributed by atoms with E-state index in [1.807, 2.05) is 17.0 Å². The van der Waals surface area contributed by atoms with Crippen molar-refractivity contribution < 1.29 is 17.9 Å². The molecule has 9 nitrogen and oxygen atoms in total. The highest BCUT2D eigenvalue weighted by Crippen LogP contribution is 2.22. The summed E-state index contributed by atoms with van der Waals surface area (Å²) in [5.74, 6) is 0.780. The molecule has 168 valence electrons. The van der Waals surface area contributed by atoms with Crippen LogP contribution in [0.2, 0.25) is 0 Å². The van der Waals surface area contributed by atoms with Gasteiger partial charge in [-0.15, -0.1) is 10.2 Å². The smallest absolute Gasteiger partial charge is 0.246 e. The molecule has 1 aromatic heterocycles. The van der Waals surface area contributed by atoms with Crippen LogP contribution in [0.15, 0.2) is 41.3 Å². The van der Waals surface area contributed by atoms with E-state index in [1.54, 1.807) is 0 Å². The van der Waals surface area contributed by atoms with E-state index >= 15 is 0 Å². The summed E-state index contributed by atoms with van der Waals surface area (Å²) in [5.41, 5.74) is 0. The summed E-state index contributed by atoms with van der Waals surface area (Å²) in [4.78, 5) is 6.09. The van der Waals surface area contributed by atoms with Gasteiger partial charge in [-0.3, -0.25) is 4.90 Å². The first-order chi connectivity index (χ1) is 15.0. The Morgan fingerprint density at radius 1 is 0.839 bits per heavy atom. The van der Waals surface area contributed by atoms with Crippen molar-refractivity contribution in [3.05, 3.63) is 42.2 Å². The maximum Gasteiger partial charge on any atom is 0.246 e. The molecule has 1 aromatic carbocycles. The van der Waals surface area contributed by atoms with Crippen LogP contribution < -0.4 is 9.80 Å². The zero-order chi connectivity index (χ0) is 21.8. The van der Waals surface area contributed by atoms with Crippen LogP contribution in [-0.4, -0.2) is 98.4 Å². The minimum Gasteiger partial charge on any atom is -0.395 e. The van der Waals surface area contributed by atoms with E-state index in [2.05, 4.69) is 20.0 Å². The predicted molar refractivity (Wildman–Crippen MR) is 115 cm³/mol. The van der Waals surface area contributed by atoms with Gasteiger partial charge < -0.3 is 14.9 Å². The van der Waals surface area contributed by atoms with Crippen molar-refractivity contribution >= 4 is 21.7 Å². The number of sulfonamides is 1. The van der Waals surface area contributed by atoms with Gasteiger partial charge in [-0.25, -0.2) is 12.8 Å². The number of aliphatic hydroxyl groups is 1. The van der Waals surface area contributed by atoms with E-state index in [4.69, 9.17) is 5.11 Å². The van der Waals surface area contributed by atoms with Crippen molar-refractivity contribution in [2.24, 2.45) is 0 Å². The van der Waals surface area contributed by atoms with Gasteiger partial charge in [-0.05, 0) is 24.3 Å². The van der Waals surface area contributed by atoms with E-state index in [0.29, 0.717) is 25.5 Å². The fourth-order valence-electron chi connectivity index (χ4n) is 3.95. The molecule has 31 heavy (non-hydrogen) atoms. The Hall–Kier alpha value is -2.34. The monoisotopic (exact) mass is 450 g/mol. The van der Waals surface area contributed by atoms with Crippen molar-refractivity contribution in [3.63, 3.8) is 0 Å². The number of rotatable bonds is 6. The molecule has 2 fully saturated rings. The third-order valence-electron chi connectivity index (χ3n) is 5.77. The van der Waals surface area contributed by atoms with Crippen molar-refractivity contribution in [1.82, 2.24) is 19.4 Å². The molecule has 0 bridgehead atoms. The number of hydrogen-bond donors (Lipinski definition) is 1. The highest BCUT2D eigenvalue weighted by atomic mass is 32.2. The van der Waals surface area contributed by atoms with Crippen molar-refractivity contribution in [1.29, 1.82) is 0 Å². The predicted octanol–water partition coefficient (Wildman–Crippen LogP) is 0.241. The summed E-state index contributed by atoms with van der Waals surface area (Å²) in [7, 11) is -3.86. The Bertz CT molecular complexity index is 975. The third-order valence-corrected chi connectivity index (χ3v) is 7.70. The fourth-order valence-corrected chi connectivity index (χ4v) is 5.44. The van der Waals surface area contributed by atoms with Gasteiger partial charge in [0.25, 0.3) is 0 Å². The number of β-amino-alcohol motifs (C(OH)–C–C–N with tert-alkyl or cyclic N) is 1. The van der Waals surface area contributed by atoms with Gasteiger partial charge in [-0.2, -0.15) is 4.31 Å². The Morgan fingerprint density at radius 2 is 1.39 bits per heavy atom. The molecule has 2 aromatic rings. The van der Waals surface area contributed by atoms with Crippen molar-refractivity contribution in [2.75, 3.05) is 75.3 Å². The third kappa shape index (κ3) is 4.79. The normalized spacial score (nSPS) is 19.0. The fraction of sp³-hybridized carbons (Fsp3) is 0.500. The Kier molecular flexibility index (Phi) is 6.65. The first-order valence-electron chi connectivity index (χ1n) is 10.4. The van der Waals surface area contributed by atoms with Gasteiger partial charge in [0.2, 0.25) is 10.0 Å². The topological polar surface area (TPSA) is 93.1 Å². The highest BCUT2D eigenvalue weighted by molar-refractivity contribution is 7.89. The number of aliphatic hydroxyl groups excluding tert-OH is 1. The number of benzene rings is 1. The maximum absolute atomic E-state index is 14.0. The minimum atomic E-state index is -3.86. The zero-order valence-corrected chi connectivity index (χ0v) is 18.1. The van der Waals surface area contributed by atoms with Crippen LogP contribution in [0.4, 0.5) is 16.0 Å². The largest absolute Gasteiger partial charge is 0.395 e. The van der Waals surface area contributed by atoms with E-state index in [1.165, 1.54) is 22.5 Å². The van der Waals surface area contributed by atoms with Crippen LogP contribution in [0.3, 0.4) is 0 Å². The van der Waals surface area contributed by atoms with Gasteiger partial charge in [0, 0.05) is 58.9 Å². The van der Waals surface area contributed by atoms with Crippen LogP contribution in [0, 0.1) is 5.82 Å². The lowest BCUT2D eigenvalue weighted by molar-refractivity contribution is 0.188. The van der Waals surface area contributed by atoms with Crippen LogP contribution in [-0.2, 0) is 10.0 Å². The molecule has 0 amide bonds. The molecule has 11 heteroatoms. The Balaban J connectivity index is 1.35. The molecule has 0 saturated carbocycles. The molecule has 0 aliphatic carbocycles. The standard InChI is InChI=1S/C20H27FN6O3S/c21-17-3-1-2-4-18(17)31(29,30)27-13-11-26(12-14-27)20-6-5-19(22-23-20)25-9-7-24(8-10-25)15-16-28/h1-6,28H,7-16H2. The number of nitrogens with zero attached hydrogens (tertiary/aromatic N) is 6. The second kappa shape index (κ2) is 9.43. The SMILES string of the molecule is O=S(=O)(c1ccccc1F)N1CCN(c2ccc(N3CCN(CCO)CC3)nn2)CC1. The molecule has 0 spiro atoms. The average molecular weight is 451 g/mol. The molecule has 3 heterocycles. The lowest BCUT2D eigenvalue weighted by Gasteiger charge is -2.36. The van der Waals surface area contributed by atoms with Crippen LogP contribution >= 0.6 is 0 Å². The molecule has 0 atom stereocenters. The summed E-state index contributed by atoms with van der Waals surface area (Å²) >= 11 is 0. The van der Waals surface area contributed by atoms with Gasteiger partial charge in [-0.1, -0.05) is 12.1 Å². The van der Waals surface area contributed by atoms with Crippen LogP contribution in [0.25, 0.3) is 0 Å². The molecule has 4 rings (SSSR count). The Labute approximate surface area is 181 Å². The van der Waals surface area contributed by atoms with Gasteiger partial charge in [0.05, 0.1) is 6.61 Å². The second-order valence-electron chi connectivity index (χ2n) is 7.62. The Morgan fingerprint density at radius 3 is 1.90 bits per heavy atom. The summed E-state index contributed by atoms with van der Waals surface area (Å²) in [5, 5.41) is 17.8. The molecule has 0 radical (unpaired) electrons. The quantitative estimate of drug-likeness (QED) is 0.669. The van der Waals surface area contributed by atoms with Gasteiger partial charge in [0.15, 0.2) is 11.6 Å². The summed E-state index contributed by atoms with van der Waals surface area (Å²) in [6.45, 7) is 5.72. The van der Waals surface area contributed by atoms with E-state index in [-0.39, 0.29) is 24.6 Å². The van der Waals surface area contributed by atoms with Crippen LogP contribution in [0.1, 0.15) is 0 Å². The molecule has 1 N–H and O–H groups in total. The molecule has 0 unspecified atom stereocenters. The lowest BCUT2D eigenvalue weighted by Crippen LogP contribution is -2.49.